The predicted octanol–water partition coefficient (Wildman–Crippen LogP) is 2.49. The summed E-state index contributed by atoms with van der Waals surface area (Å²) in [6.45, 7) is 10.4. The zero-order valence-corrected chi connectivity index (χ0v) is 11.6. The number of aryl methyl sites for hydroxylation is 2. The van der Waals surface area contributed by atoms with Crippen LogP contribution in [0.3, 0.4) is 0 Å². The number of nitrogens with zero attached hydrogens (tertiary/aromatic N) is 2. The molecule has 1 aliphatic heterocycles. The number of aromatic nitrogens is 1. The van der Waals surface area contributed by atoms with E-state index in [2.05, 4.69) is 18.8 Å². The summed E-state index contributed by atoms with van der Waals surface area (Å²) < 4.78 is 0. The van der Waals surface area contributed by atoms with E-state index in [4.69, 9.17) is 0 Å². The molecule has 0 N–H and O–H groups in total. The van der Waals surface area contributed by atoms with E-state index in [-0.39, 0.29) is 5.91 Å². The summed E-state index contributed by atoms with van der Waals surface area (Å²) in [5.41, 5.74) is 1.35. The van der Waals surface area contributed by atoms with Gasteiger partial charge in [-0.1, -0.05) is 13.8 Å². The van der Waals surface area contributed by atoms with Gasteiger partial charge in [-0.05, 0) is 31.1 Å². The summed E-state index contributed by atoms with van der Waals surface area (Å²) in [5.74, 6) is 1.64. The average Bonchev–Trinajstić information content (AvgIpc) is 2.65. The molecule has 0 spiro atoms. The summed E-state index contributed by atoms with van der Waals surface area (Å²) >= 11 is 1.52. The molecule has 1 aliphatic carbocycles. The van der Waals surface area contributed by atoms with Crippen LogP contribution in [0.1, 0.15) is 34.2 Å². The van der Waals surface area contributed by atoms with E-state index in [0.717, 1.165) is 40.5 Å². The number of carbonyl (C=O) groups excluding carboxylic acids is 1. The zero-order valence-electron chi connectivity index (χ0n) is 10.8. The topological polar surface area (TPSA) is 33.2 Å². The van der Waals surface area contributed by atoms with E-state index >= 15 is 0 Å². The van der Waals surface area contributed by atoms with Crippen LogP contribution in [-0.4, -0.2) is 28.9 Å². The maximum Gasteiger partial charge on any atom is 0.265 e. The van der Waals surface area contributed by atoms with E-state index in [1.54, 1.807) is 0 Å². The van der Waals surface area contributed by atoms with Crippen LogP contribution < -0.4 is 0 Å². The van der Waals surface area contributed by atoms with Gasteiger partial charge in [0.05, 0.1) is 10.7 Å². The van der Waals surface area contributed by atoms with Gasteiger partial charge in [0.15, 0.2) is 0 Å². The summed E-state index contributed by atoms with van der Waals surface area (Å²) in [6.07, 6.45) is 0. The molecule has 2 atom stereocenters. The second-order valence-electron chi connectivity index (χ2n) is 5.89. The Hall–Kier alpha value is -0.900. The lowest BCUT2D eigenvalue weighted by molar-refractivity contribution is 0.0762. The van der Waals surface area contributed by atoms with Gasteiger partial charge in [0.1, 0.15) is 4.88 Å². The second-order valence-corrected chi connectivity index (χ2v) is 7.10. The number of carbonyl (C=O) groups is 1. The minimum Gasteiger partial charge on any atom is -0.337 e. The van der Waals surface area contributed by atoms with Crippen molar-refractivity contribution < 1.29 is 4.79 Å². The first kappa shape index (κ1) is 11.2. The largest absolute Gasteiger partial charge is 0.337 e. The molecule has 17 heavy (non-hydrogen) atoms. The quantitative estimate of drug-likeness (QED) is 0.767. The summed E-state index contributed by atoms with van der Waals surface area (Å²) in [5, 5.41) is 0.982. The average molecular weight is 250 g/mol. The fraction of sp³-hybridized carbons (Fsp3) is 0.692. The number of amides is 1. The molecule has 2 heterocycles. The third kappa shape index (κ3) is 1.53. The number of likely N-dealkylation sites (tertiary alicyclic amines) is 1. The molecule has 2 unspecified atom stereocenters. The minimum atomic E-state index is 0.191. The van der Waals surface area contributed by atoms with Crippen molar-refractivity contribution in [3.8, 4) is 0 Å². The maximum atomic E-state index is 12.4. The smallest absolute Gasteiger partial charge is 0.265 e. The van der Waals surface area contributed by atoms with Crippen molar-refractivity contribution in [2.75, 3.05) is 13.1 Å². The third-order valence-corrected chi connectivity index (χ3v) is 5.57. The molecule has 1 aromatic rings. The number of piperidine rings is 1. The Morgan fingerprint density at radius 2 is 1.94 bits per heavy atom. The van der Waals surface area contributed by atoms with Crippen LogP contribution in [0.15, 0.2) is 0 Å². The van der Waals surface area contributed by atoms with Crippen molar-refractivity contribution in [2.24, 2.45) is 17.3 Å². The molecule has 92 valence electrons. The Bertz CT molecular complexity index is 478. The fourth-order valence-corrected chi connectivity index (χ4v) is 4.06. The SMILES string of the molecule is Cc1nc(C)c(C(=O)N2CC3C(C2)C3(C)C)s1. The van der Waals surface area contributed by atoms with E-state index < -0.39 is 0 Å². The van der Waals surface area contributed by atoms with E-state index in [1.165, 1.54) is 11.3 Å². The molecule has 1 amide bonds. The summed E-state index contributed by atoms with van der Waals surface area (Å²) in [6, 6.07) is 0. The van der Waals surface area contributed by atoms with Crippen molar-refractivity contribution in [1.29, 1.82) is 0 Å². The van der Waals surface area contributed by atoms with Crippen LogP contribution in [0.5, 0.6) is 0 Å². The molecule has 0 radical (unpaired) electrons. The van der Waals surface area contributed by atoms with Gasteiger partial charge < -0.3 is 4.90 Å². The Kier molecular flexibility index (Phi) is 2.18. The maximum absolute atomic E-state index is 12.4. The highest BCUT2D eigenvalue weighted by atomic mass is 32.1. The fourth-order valence-electron chi connectivity index (χ4n) is 3.17. The van der Waals surface area contributed by atoms with Crippen LogP contribution >= 0.6 is 11.3 Å². The molecule has 1 saturated heterocycles. The van der Waals surface area contributed by atoms with Crippen molar-refractivity contribution in [2.45, 2.75) is 27.7 Å². The third-order valence-electron chi connectivity index (χ3n) is 4.51. The van der Waals surface area contributed by atoms with Gasteiger partial charge in [0, 0.05) is 13.1 Å². The van der Waals surface area contributed by atoms with Crippen molar-refractivity contribution in [1.82, 2.24) is 9.88 Å². The molecule has 1 aromatic heterocycles. The highest BCUT2D eigenvalue weighted by molar-refractivity contribution is 7.13. The first-order valence-electron chi connectivity index (χ1n) is 6.14. The molecular formula is C13H18N2OS. The number of hydrogen-bond donors (Lipinski definition) is 0. The first-order chi connectivity index (χ1) is 7.91. The summed E-state index contributed by atoms with van der Waals surface area (Å²) in [4.78, 5) is 19.5. The lowest BCUT2D eigenvalue weighted by Crippen LogP contribution is -2.32. The molecule has 2 fully saturated rings. The second kappa shape index (κ2) is 3.31. The van der Waals surface area contributed by atoms with Crippen molar-refractivity contribution in [3.05, 3.63) is 15.6 Å². The molecular weight excluding hydrogens is 232 g/mol. The van der Waals surface area contributed by atoms with Crippen LogP contribution in [0.4, 0.5) is 0 Å². The molecule has 1 saturated carbocycles. The Balaban J connectivity index is 1.76. The van der Waals surface area contributed by atoms with E-state index in [9.17, 15) is 4.79 Å². The lowest BCUT2D eigenvalue weighted by Gasteiger charge is -2.21. The van der Waals surface area contributed by atoms with Gasteiger partial charge in [-0.15, -0.1) is 11.3 Å². The molecule has 2 aliphatic rings. The summed E-state index contributed by atoms with van der Waals surface area (Å²) in [7, 11) is 0. The van der Waals surface area contributed by atoms with Gasteiger partial charge in [-0.2, -0.15) is 0 Å². The van der Waals surface area contributed by atoms with Gasteiger partial charge in [-0.25, -0.2) is 4.98 Å². The van der Waals surface area contributed by atoms with Gasteiger partial charge >= 0.3 is 0 Å². The Morgan fingerprint density at radius 3 is 2.41 bits per heavy atom. The van der Waals surface area contributed by atoms with E-state index in [1.807, 2.05) is 18.7 Å². The van der Waals surface area contributed by atoms with Crippen LogP contribution in [-0.2, 0) is 0 Å². The molecule has 3 rings (SSSR count). The molecule has 3 nitrogen and oxygen atoms in total. The minimum absolute atomic E-state index is 0.191. The predicted molar refractivity (Wildman–Crippen MR) is 68.3 cm³/mol. The standard InChI is InChI=1S/C13H18N2OS/c1-7-11(17-8(2)14-7)12(16)15-5-9-10(6-15)13(9,3)4/h9-10H,5-6H2,1-4H3. The van der Waals surface area contributed by atoms with E-state index in [0.29, 0.717) is 5.41 Å². The molecule has 0 aromatic carbocycles. The van der Waals surface area contributed by atoms with Crippen LogP contribution in [0, 0.1) is 31.1 Å². The van der Waals surface area contributed by atoms with Crippen molar-refractivity contribution >= 4 is 17.2 Å². The van der Waals surface area contributed by atoms with Crippen LogP contribution in [0.25, 0.3) is 0 Å². The normalized spacial score (nSPS) is 29.3. The van der Waals surface area contributed by atoms with Crippen molar-refractivity contribution in [3.63, 3.8) is 0 Å². The van der Waals surface area contributed by atoms with Crippen LogP contribution in [0.2, 0.25) is 0 Å². The van der Waals surface area contributed by atoms with Gasteiger partial charge in [0.2, 0.25) is 0 Å². The monoisotopic (exact) mass is 250 g/mol. The lowest BCUT2D eigenvalue weighted by atomic mass is 10.1. The van der Waals surface area contributed by atoms with Gasteiger partial charge in [-0.3, -0.25) is 4.79 Å². The number of fused-ring (bicyclic) bond motifs is 1. The first-order valence-corrected chi connectivity index (χ1v) is 6.96. The zero-order chi connectivity index (χ0) is 12.4. The number of rotatable bonds is 1. The Morgan fingerprint density at radius 1 is 1.35 bits per heavy atom. The molecule has 4 heteroatoms. The molecule has 0 bridgehead atoms. The van der Waals surface area contributed by atoms with Gasteiger partial charge in [0.25, 0.3) is 5.91 Å². The highest BCUT2D eigenvalue weighted by Crippen LogP contribution is 2.62. The Labute approximate surface area is 106 Å². The highest BCUT2D eigenvalue weighted by Gasteiger charge is 2.62. The number of thiazole rings is 1. The number of hydrogen-bond acceptors (Lipinski definition) is 3.